The number of carboxylic acid groups (broad SMARTS) is 1. The molecule has 0 aliphatic heterocycles. The predicted molar refractivity (Wildman–Crippen MR) is 128 cm³/mol. The molecule has 4 rings (SSSR count). The molecular formula is C26H23NO2S. The maximum absolute atomic E-state index is 11.1. The van der Waals surface area contributed by atoms with Crippen LogP contribution in [0.3, 0.4) is 0 Å². The quantitative estimate of drug-likeness (QED) is 0.468. The molecule has 0 aromatic heterocycles. The SMILES string of the molecule is CC1(C)C=CC=C(c2c(NC(=S)c3ccc(C(=O)O)cc3)ccc3ccccc23)C1. The van der Waals surface area contributed by atoms with Crippen LogP contribution in [0.4, 0.5) is 5.69 Å². The molecule has 0 saturated heterocycles. The highest BCUT2D eigenvalue weighted by atomic mass is 32.1. The maximum Gasteiger partial charge on any atom is 0.335 e. The Bertz CT molecular complexity index is 1200. The third-order valence-electron chi connectivity index (χ3n) is 5.38. The summed E-state index contributed by atoms with van der Waals surface area (Å²) in [5, 5.41) is 14.9. The van der Waals surface area contributed by atoms with Gasteiger partial charge in [-0.15, -0.1) is 0 Å². The summed E-state index contributed by atoms with van der Waals surface area (Å²) in [4.78, 5) is 11.7. The van der Waals surface area contributed by atoms with Gasteiger partial charge in [-0.1, -0.05) is 86.8 Å². The standard InChI is InChI=1S/C26H23NO2S/c1-26(2)15-5-7-20(16-26)23-21-8-4-3-6-17(21)13-14-22(23)27-24(30)18-9-11-19(12-10-18)25(28)29/h3-15H,16H2,1-2H3,(H,27,30)(H,28,29). The number of carbonyl (C=O) groups is 1. The molecular weight excluding hydrogens is 390 g/mol. The van der Waals surface area contributed by atoms with Crippen molar-refractivity contribution in [1.82, 2.24) is 0 Å². The summed E-state index contributed by atoms with van der Waals surface area (Å²) in [5.74, 6) is -0.947. The van der Waals surface area contributed by atoms with E-state index in [0.717, 1.165) is 23.2 Å². The molecule has 1 aliphatic carbocycles. The Morgan fingerprint density at radius 3 is 2.40 bits per heavy atom. The fraction of sp³-hybridized carbons (Fsp3) is 0.154. The normalized spacial score (nSPS) is 14.9. The van der Waals surface area contributed by atoms with Gasteiger partial charge in [0.2, 0.25) is 0 Å². The lowest BCUT2D eigenvalue weighted by Crippen LogP contribution is -2.15. The maximum atomic E-state index is 11.1. The molecule has 0 bridgehead atoms. The Hall–Kier alpha value is -3.24. The zero-order valence-electron chi connectivity index (χ0n) is 17.0. The van der Waals surface area contributed by atoms with E-state index in [-0.39, 0.29) is 11.0 Å². The summed E-state index contributed by atoms with van der Waals surface area (Å²) in [6, 6.07) is 19.2. The highest BCUT2D eigenvalue weighted by molar-refractivity contribution is 7.81. The number of hydrogen-bond acceptors (Lipinski definition) is 2. The van der Waals surface area contributed by atoms with Crippen molar-refractivity contribution in [3.05, 3.63) is 95.6 Å². The molecule has 0 heterocycles. The van der Waals surface area contributed by atoms with Crippen LogP contribution in [-0.2, 0) is 0 Å². The minimum absolute atomic E-state index is 0.0888. The molecule has 0 saturated carbocycles. The van der Waals surface area contributed by atoms with Crippen molar-refractivity contribution in [3.63, 3.8) is 0 Å². The number of anilines is 1. The van der Waals surface area contributed by atoms with E-state index in [1.807, 2.05) is 6.07 Å². The average molecular weight is 414 g/mol. The van der Waals surface area contributed by atoms with Gasteiger partial charge in [-0.05, 0) is 46.4 Å². The van der Waals surface area contributed by atoms with Gasteiger partial charge >= 0.3 is 5.97 Å². The Balaban J connectivity index is 1.75. The third-order valence-corrected chi connectivity index (χ3v) is 5.72. The van der Waals surface area contributed by atoms with Crippen LogP contribution in [0.1, 0.15) is 41.8 Å². The van der Waals surface area contributed by atoms with Crippen molar-refractivity contribution in [3.8, 4) is 0 Å². The van der Waals surface area contributed by atoms with Crippen molar-refractivity contribution in [2.45, 2.75) is 20.3 Å². The molecule has 4 heteroatoms. The summed E-state index contributed by atoms with van der Waals surface area (Å²) >= 11 is 5.65. The summed E-state index contributed by atoms with van der Waals surface area (Å²) in [6.07, 6.45) is 7.49. The summed E-state index contributed by atoms with van der Waals surface area (Å²) < 4.78 is 0. The van der Waals surface area contributed by atoms with E-state index >= 15 is 0 Å². The molecule has 3 nitrogen and oxygen atoms in total. The minimum Gasteiger partial charge on any atom is -0.478 e. The van der Waals surface area contributed by atoms with E-state index in [4.69, 9.17) is 17.3 Å². The lowest BCUT2D eigenvalue weighted by Gasteiger charge is -2.27. The largest absolute Gasteiger partial charge is 0.478 e. The van der Waals surface area contributed by atoms with Gasteiger partial charge in [-0.3, -0.25) is 0 Å². The number of aromatic carboxylic acids is 1. The van der Waals surface area contributed by atoms with Gasteiger partial charge in [0, 0.05) is 16.8 Å². The highest BCUT2D eigenvalue weighted by Crippen LogP contribution is 2.41. The van der Waals surface area contributed by atoms with Crippen molar-refractivity contribution >= 4 is 45.2 Å². The van der Waals surface area contributed by atoms with Gasteiger partial charge in [0.25, 0.3) is 0 Å². The molecule has 150 valence electrons. The summed E-state index contributed by atoms with van der Waals surface area (Å²) in [5.41, 5.74) is 4.51. The zero-order chi connectivity index (χ0) is 21.3. The van der Waals surface area contributed by atoms with Crippen LogP contribution in [0.25, 0.3) is 16.3 Å². The molecule has 30 heavy (non-hydrogen) atoms. The molecule has 0 spiro atoms. The summed E-state index contributed by atoms with van der Waals surface area (Å²) in [7, 11) is 0. The number of thiocarbonyl (C=S) groups is 1. The van der Waals surface area contributed by atoms with Gasteiger partial charge in [0.05, 0.1) is 5.56 Å². The van der Waals surface area contributed by atoms with E-state index < -0.39 is 5.97 Å². The van der Waals surface area contributed by atoms with Crippen LogP contribution in [0, 0.1) is 5.41 Å². The van der Waals surface area contributed by atoms with Gasteiger partial charge in [-0.2, -0.15) is 0 Å². The van der Waals surface area contributed by atoms with Gasteiger partial charge in [0.1, 0.15) is 4.99 Å². The number of fused-ring (bicyclic) bond motifs is 1. The third kappa shape index (κ3) is 4.05. The Morgan fingerprint density at radius 2 is 1.70 bits per heavy atom. The molecule has 3 aromatic carbocycles. The van der Waals surface area contributed by atoms with Gasteiger partial charge < -0.3 is 10.4 Å². The first kappa shape index (κ1) is 20.0. The Morgan fingerprint density at radius 1 is 1.00 bits per heavy atom. The number of allylic oxidation sites excluding steroid dienone is 4. The number of nitrogens with one attached hydrogen (secondary N) is 1. The number of hydrogen-bond donors (Lipinski definition) is 2. The molecule has 0 atom stereocenters. The number of benzene rings is 3. The first-order chi connectivity index (χ1) is 14.3. The smallest absolute Gasteiger partial charge is 0.335 e. The monoisotopic (exact) mass is 413 g/mol. The van der Waals surface area contributed by atoms with Crippen LogP contribution >= 0.6 is 12.2 Å². The minimum atomic E-state index is -0.947. The first-order valence-electron chi connectivity index (χ1n) is 9.89. The van der Waals surface area contributed by atoms with Crippen LogP contribution < -0.4 is 5.32 Å². The first-order valence-corrected chi connectivity index (χ1v) is 10.3. The van der Waals surface area contributed by atoms with Crippen molar-refractivity contribution in [1.29, 1.82) is 0 Å². The number of rotatable bonds is 4. The fourth-order valence-electron chi connectivity index (χ4n) is 3.89. The van der Waals surface area contributed by atoms with Crippen LogP contribution in [-0.4, -0.2) is 16.1 Å². The van der Waals surface area contributed by atoms with Gasteiger partial charge in [-0.25, -0.2) is 4.79 Å². The van der Waals surface area contributed by atoms with Crippen molar-refractivity contribution in [2.24, 2.45) is 5.41 Å². The van der Waals surface area contributed by atoms with E-state index in [1.54, 1.807) is 24.3 Å². The number of carboxylic acids is 1. The molecule has 0 amide bonds. The molecule has 0 unspecified atom stereocenters. The molecule has 2 N–H and O–H groups in total. The van der Waals surface area contributed by atoms with Crippen LogP contribution in [0.2, 0.25) is 0 Å². The molecule has 3 aromatic rings. The molecule has 1 aliphatic rings. The van der Waals surface area contributed by atoms with Crippen LogP contribution in [0.5, 0.6) is 0 Å². The lowest BCUT2D eigenvalue weighted by atomic mass is 9.78. The fourth-order valence-corrected chi connectivity index (χ4v) is 4.13. The highest BCUT2D eigenvalue weighted by Gasteiger charge is 2.23. The van der Waals surface area contributed by atoms with Crippen LogP contribution in [0.15, 0.2) is 78.9 Å². The molecule has 0 fully saturated rings. The van der Waals surface area contributed by atoms with Crippen molar-refractivity contribution < 1.29 is 9.90 Å². The summed E-state index contributed by atoms with van der Waals surface area (Å²) in [6.45, 7) is 4.48. The van der Waals surface area contributed by atoms with E-state index in [1.165, 1.54) is 16.3 Å². The topological polar surface area (TPSA) is 49.3 Å². The zero-order valence-corrected chi connectivity index (χ0v) is 17.8. The van der Waals surface area contributed by atoms with Crippen molar-refractivity contribution in [2.75, 3.05) is 5.32 Å². The van der Waals surface area contributed by atoms with E-state index in [2.05, 4.69) is 67.7 Å². The van der Waals surface area contributed by atoms with E-state index in [0.29, 0.717) is 4.99 Å². The molecule has 0 radical (unpaired) electrons. The second kappa shape index (κ2) is 7.88. The second-order valence-corrected chi connectivity index (χ2v) is 8.67. The Kier molecular flexibility index (Phi) is 5.27. The van der Waals surface area contributed by atoms with Gasteiger partial charge in [0.15, 0.2) is 0 Å². The predicted octanol–water partition coefficient (Wildman–Crippen LogP) is 6.70. The Labute approximate surface area is 181 Å². The second-order valence-electron chi connectivity index (χ2n) is 8.26. The lowest BCUT2D eigenvalue weighted by molar-refractivity contribution is 0.0697. The average Bonchev–Trinajstić information content (AvgIpc) is 2.72. The van der Waals surface area contributed by atoms with E-state index in [9.17, 15) is 4.79 Å².